The summed E-state index contributed by atoms with van der Waals surface area (Å²) < 4.78 is 0. The number of phenols is 1. The Kier molecular flexibility index (Phi) is 3.68. The Morgan fingerprint density at radius 2 is 1.65 bits per heavy atom. The second-order valence-corrected chi connectivity index (χ2v) is 5.06. The number of phenolic OH excluding ortho intramolecular Hbond substituents is 1. The molecule has 3 aromatic carbocycles. The summed E-state index contributed by atoms with van der Waals surface area (Å²) >= 11 is 0. The highest BCUT2D eigenvalue weighted by molar-refractivity contribution is 6.01. The first-order valence-corrected chi connectivity index (χ1v) is 6.90. The molecule has 0 spiro atoms. The molecule has 0 saturated heterocycles. The van der Waals surface area contributed by atoms with Gasteiger partial charge in [0.15, 0.2) is 6.29 Å². The summed E-state index contributed by atoms with van der Waals surface area (Å²) in [6.07, 6.45) is 0.634. The van der Waals surface area contributed by atoms with Gasteiger partial charge in [-0.25, -0.2) is 4.79 Å². The van der Waals surface area contributed by atoms with Gasteiger partial charge in [0.1, 0.15) is 5.75 Å². The molecule has 0 aromatic heterocycles. The van der Waals surface area contributed by atoms with Crippen molar-refractivity contribution in [3.63, 3.8) is 0 Å². The lowest BCUT2D eigenvalue weighted by atomic mass is 10.0. The second-order valence-electron chi connectivity index (χ2n) is 5.06. The Morgan fingerprint density at radius 3 is 2.30 bits per heavy atom. The maximum Gasteiger partial charge on any atom is 0.335 e. The number of carboxylic acids is 1. The van der Waals surface area contributed by atoms with Crippen LogP contribution in [0, 0.1) is 0 Å². The molecule has 0 heterocycles. The highest BCUT2D eigenvalue weighted by atomic mass is 16.4. The van der Waals surface area contributed by atoms with Crippen LogP contribution in [0.2, 0.25) is 0 Å². The number of anilines is 2. The number of carbonyl (C=O) groups excluding carboxylic acids is 1. The van der Waals surface area contributed by atoms with E-state index >= 15 is 0 Å². The van der Waals surface area contributed by atoms with Crippen LogP contribution in [0.5, 0.6) is 5.75 Å². The van der Waals surface area contributed by atoms with Crippen molar-refractivity contribution in [2.45, 2.75) is 0 Å². The third-order valence-corrected chi connectivity index (χ3v) is 3.58. The number of benzene rings is 3. The van der Waals surface area contributed by atoms with E-state index in [0.717, 1.165) is 16.8 Å². The smallest absolute Gasteiger partial charge is 0.335 e. The molecule has 3 N–H and O–H groups in total. The van der Waals surface area contributed by atoms with E-state index in [-0.39, 0.29) is 16.9 Å². The number of rotatable bonds is 4. The normalized spacial score (nSPS) is 10.4. The number of nitrogens with one attached hydrogen (secondary N) is 1. The lowest BCUT2D eigenvalue weighted by molar-refractivity contribution is 0.0696. The van der Waals surface area contributed by atoms with E-state index in [1.165, 1.54) is 18.2 Å². The number of carboxylic acid groups (broad SMARTS) is 1. The van der Waals surface area contributed by atoms with Gasteiger partial charge in [0.25, 0.3) is 0 Å². The van der Waals surface area contributed by atoms with E-state index in [4.69, 9.17) is 5.11 Å². The first kappa shape index (κ1) is 14.6. The maximum atomic E-state index is 11.1. The van der Waals surface area contributed by atoms with Crippen LogP contribution in [0.3, 0.4) is 0 Å². The molecule has 114 valence electrons. The van der Waals surface area contributed by atoms with Gasteiger partial charge < -0.3 is 15.5 Å². The zero-order valence-electron chi connectivity index (χ0n) is 12.0. The van der Waals surface area contributed by atoms with Gasteiger partial charge in [0.05, 0.1) is 11.1 Å². The van der Waals surface area contributed by atoms with E-state index in [1.807, 2.05) is 6.07 Å². The third kappa shape index (κ3) is 2.85. The minimum Gasteiger partial charge on any atom is -0.507 e. The molecule has 5 nitrogen and oxygen atoms in total. The van der Waals surface area contributed by atoms with Gasteiger partial charge in [-0.3, -0.25) is 4.79 Å². The van der Waals surface area contributed by atoms with Crippen LogP contribution in [0.4, 0.5) is 11.4 Å². The van der Waals surface area contributed by atoms with Gasteiger partial charge in [0, 0.05) is 11.4 Å². The quantitative estimate of drug-likeness (QED) is 0.638. The highest BCUT2D eigenvalue weighted by Crippen LogP contribution is 2.29. The zero-order chi connectivity index (χ0) is 16.4. The predicted molar refractivity (Wildman–Crippen MR) is 87.7 cm³/mol. The SMILES string of the molecule is O=Cc1c(O)ccc2cc(Nc3ccc(C(=O)O)cc3)ccc12. The van der Waals surface area contributed by atoms with Gasteiger partial charge in [-0.1, -0.05) is 12.1 Å². The van der Waals surface area contributed by atoms with Crippen molar-refractivity contribution in [2.24, 2.45) is 0 Å². The fraction of sp³-hybridized carbons (Fsp3) is 0. The monoisotopic (exact) mass is 307 g/mol. The molecule has 0 amide bonds. The summed E-state index contributed by atoms with van der Waals surface area (Å²) in [4.78, 5) is 21.9. The van der Waals surface area contributed by atoms with Crippen LogP contribution in [0.15, 0.2) is 54.6 Å². The van der Waals surface area contributed by atoms with Crippen LogP contribution < -0.4 is 5.32 Å². The molecule has 0 saturated carbocycles. The molecule has 3 rings (SSSR count). The van der Waals surface area contributed by atoms with Crippen molar-refractivity contribution in [1.82, 2.24) is 0 Å². The first-order chi connectivity index (χ1) is 11.1. The van der Waals surface area contributed by atoms with Crippen molar-refractivity contribution in [3.8, 4) is 5.75 Å². The maximum absolute atomic E-state index is 11.1. The number of fused-ring (bicyclic) bond motifs is 1. The van der Waals surface area contributed by atoms with Crippen LogP contribution in [0.1, 0.15) is 20.7 Å². The standard InChI is InChI=1S/C18H13NO4/c20-10-16-15-7-6-14(9-12(15)3-8-17(16)21)19-13-4-1-11(2-5-13)18(22)23/h1-10,19,21H,(H,22,23). The number of aromatic hydroxyl groups is 1. The molecular formula is C18H13NO4. The van der Waals surface area contributed by atoms with Gasteiger partial charge >= 0.3 is 5.97 Å². The van der Waals surface area contributed by atoms with Crippen LogP contribution >= 0.6 is 0 Å². The lowest BCUT2D eigenvalue weighted by Crippen LogP contribution is -1.96. The fourth-order valence-corrected chi connectivity index (χ4v) is 2.41. The Balaban J connectivity index is 1.93. The molecule has 3 aromatic rings. The topological polar surface area (TPSA) is 86.6 Å². The van der Waals surface area contributed by atoms with Crippen molar-refractivity contribution in [2.75, 3.05) is 5.32 Å². The molecule has 23 heavy (non-hydrogen) atoms. The average Bonchev–Trinajstić information content (AvgIpc) is 2.55. The molecule has 5 heteroatoms. The molecular weight excluding hydrogens is 294 g/mol. The van der Waals surface area contributed by atoms with E-state index in [0.29, 0.717) is 11.7 Å². The third-order valence-electron chi connectivity index (χ3n) is 3.58. The Hall–Kier alpha value is -3.34. The number of aldehydes is 1. The molecule has 0 fully saturated rings. The molecule has 0 bridgehead atoms. The van der Waals surface area contributed by atoms with Crippen LogP contribution in [-0.4, -0.2) is 22.5 Å². The number of carbonyl (C=O) groups is 2. The van der Waals surface area contributed by atoms with Gasteiger partial charge in [-0.05, 0) is 53.2 Å². The van der Waals surface area contributed by atoms with Gasteiger partial charge in [-0.15, -0.1) is 0 Å². The molecule has 0 aliphatic rings. The average molecular weight is 307 g/mol. The summed E-state index contributed by atoms with van der Waals surface area (Å²) in [7, 11) is 0. The van der Waals surface area contributed by atoms with Crippen molar-refractivity contribution in [3.05, 3.63) is 65.7 Å². The second kappa shape index (κ2) is 5.81. The minimum absolute atomic E-state index is 0.0440. The van der Waals surface area contributed by atoms with E-state index in [1.54, 1.807) is 30.3 Å². The van der Waals surface area contributed by atoms with Gasteiger partial charge in [-0.2, -0.15) is 0 Å². The van der Waals surface area contributed by atoms with E-state index < -0.39 is 5.97 Å². The first-order valence-electron chi connectivity index (χ1n) is 6.90. The molecule has 0 aliphatic heterocycles. The van der Waals surface area contributed by atoms with Crippen molar-refractivity contribution >= 4 is 34.4 Å². The highest BCUT2D eigenvalue weighted by Gasteiger charge is 2.07. The Morgan fingerprint density at radius 1 is 0.957 bits per heavy atom. The summed E-state index contributed by atoms with van der Waals surface area (Å²) in [6.45, 7) is 0. The molecule has 0 radical (unpaired) electrons. The number of hydrogen-bond acceptors (Lipinski definition) is 4. The van der Waals surface area contributed by atoms with E-state index in [9.17, 15) is 14.7 Å². The molecule has 0 aliphatic carbocycles. The fourth-order valence-electron chi connectivity index (χ4n) is 2.41. The van der Waals surface area contributed by atoms with Crippen LogP contribution in [-0.2, 0) is 0 Å². The predicted octanol–water partition coefficient (Wildman–Crippen LogP) is 3.80. The Bertz CT molecular complexity index is 901. The lowest BCUT2D eigenvalue weighted by Gasteiger charge is -2.09. The van der Waals surface area contributed by atoms with E-state index in [2.05, 4.69) is 5.32 Å². The number of aromatic carboxylic acids is 1. The largest absolute Gasteiger partial charge is 0.507 e. The van der Waals surface area contributed by atoms with Gasteiger partial charge in [0.2, 0.25) is 0 Å². The minimum atomic E-state index is -0.969. The molecule has 0 atom stereocenters. The van der Waals surface area contributed by atoms with Crippen molar-refractivity contribution < 1.29 is 19.8 Å². The summed E-state index contributed by atoms with van der Waals surface area (Å²) in [5, 5.41) is 23.2. The number of hydrogen-bond donors (Lipinski definition) is 3. The summed E-state index contributed by atoms with van der Waals surface area (Å²) in [6, 6.07) is 15.0. The van der Waals surface area contributed by atoms with Crippen molar-refractivity contribution in [1.29, 1.82) is 0 Å². The molecule has 0 unspecified atom stereocenters. The van der Waals surface area contributed by atoms with Crippen LogP contribution in [0.25, 0.3) is 10.8 Å². The Labute approximate surface area is 131 Å². The summed E-state index contributed by atoms with van der Waals surface area (Å²) in [5.74, 6) is -1.01. The summed E-state index contributed by atoms with van der Waals surface area (Å²) in [5.41, 5.74) is 2.03. The zero-order valence-corrected chi connectivity index (χ0v) is 12.0.